The second-order valence-electron chi connectivity index (χ2n) is 10.7. The van der Waals surface area contributed by atoms with Gasteiger partial charge in [0.15, 0.2) is 19.7 Å². The van der Waals surface area contributed by atoms with Crippen molar-refractivity contribution in [3.63, 3.8) is 0 Å². The fourth-order valence-corrected chi connectivity index (χ4v) is 9.79. The molecule has 1 aliphatic carbocycles. The first-order chi connectivity index (χ1) is 20.1. The third-order valence-electron chi connectivity index (χ3n) is 7.88. The average molecular weight is 608 g/mol. The number of nitrogens with zero attached hydrogens (tertiary/aromatic N) is 1. The minimum Gasteiger partial charge on any atom is -0.466 e. The largest absolute Gasteiger partial charge is 0.466 e. The van der Waals surface area contributed by atoms with Crippen molar-refractivity contribution in [3.05, 3.63) is 83.9 Å². The summed E-state index contributed by atoms with van der Waals surface area (Å²) in [6.07, 6.45) is 7.89. The van der Waals surface area contributed by atoms with Gasteiger partial charge in [0, 0.05) is 17.7 Å². The van der Waals surface area contributed by atoms with E-state index in [9.17, 15) is 26.4 Å². The minimum absolute atomic E-state index is 0.0546. The van der Waals surface area contributed by atoms with Crippen LogP contribution in [-0.4, -0.2) is 47.3 Å². The van der Waals surface area contributed by atoms with Crippen molar-refractivity contribution in [1.29, 1.82) is 0 Å². The summed E-state index contributed by atoms with van der Waals surface area (Å²) in [5.41, 5.74) is 3.70. The van der Waals surface area contributed by atoms with Crippen LogP contribution in [0.2, 0.25) is 0 Å². The van der Waals surface area contributed by atoms with Crippen molar-refractivity contribution in [3.8, 4) is 11.1 Å². The number of ether oxygens (including phenoxy) is 1. The molecule has 5 rings (SSSR count). The van der Waals surface area contributed by atoms with Gasteiger partial charge in [-0.05, 0) is 65.4 Å². The maximum atomic E-state index is 13.8. The Labute approximate surface area is 246 Å². The molecule has 0 atom stereocenters. The lowest BCUT2D eigenvalue weighted by Gasteiger charge is -2.30. The summed E-state index contributed by atoms with van der Waals surface area (Å²) in [7, 11) is -6.00. The number of carbonyl (C=O) groups is 2. The van der Waals surface area contributed by atoms with Gasteiger partial charge in [0.1, 0.15) is 0 Å². The molecule has 1 heterocycles. The van der Waals surface area contributed by atoms with Crippen LogP contribution in [0.3, 0.4) is 0 Å². The fraction of sp³-hybridized carbons (Fsp3) is 0.312. The molecule has 220 valence electrons. The molecule has 0 radical (unpaired) electrons. The van der Waals surface area contributed by atoms with Crippen LogP contribution in [0.25, 0.3) is 17.2 Å². The van der Waals surface area contributed by atoms with E-state index in [1.165, 1.54) is 25.3 Å². The summed E-state index contributed by atoms with van der Waals surface area (Å²) in [4.78, 5) is 26.9. The summed E-state index contributed by atoms with van der Waals surface area (Å²) in [5.74, 6) is -1.28. The minimum atomic E-state index is -3.69. The van der Waals surface area contributed by atoms with Gasteiger partial charge in [-0.2, -0.15) is 0 Å². The molecule has 2 aliphatic rings. The Balaban J connectivity index is 1.44. The molecule has 1 aliphatic heterocycles. The van der Waals surface area contributed by atoms with Gasteiger partial charge in [0.25, 0.3) is 0 Å². The Morgan fingerprint density at radius 1 is 0.833 bits per heavy atom. The lowest BCUT2D eigenvalue weighted by molar-refractivity contribution is -0.134. The zero-order chi connectivity index (χ0) is 29.9. The first-order valence-corrected chi connectivity index (χ1v) is 17.2. The normalized spacial score (nSPS) is 17.8. The molecular weight excluding hydrogens is 574 g/mol. The number of rotatable bonds is 7. The monoisotopic (exact) mass is 607 g/mol. The maximum Gasteiger partial charge on any atom is 0.330 e. The quantitative estimate of drug-likeness (QED) is 0.267. The van der Waals surface area contributed by atoms with E-state index in [2.05, 4.69) is 4.74 Å². The van der Waals surface area contributed by atoms with Crippen LogP contribution in [0.15, 0.2) is 82.6 Å². The number of esters is 1. The highest BCUT2D eigenvalue weighted by molar-refractivity contribution is 7.97. The van der Waals surface area contributed by atoms with Crippen LogP contribution in [0.5, 0.6) is 0 Å². The number of sulfone groups is 2. The SMILES string of the molecule is COC(=O)/C=C/c1cccc(N(Cc2ccc(-c3ccc4c(c3)S(=O)(=O)CCS4(=O)=O)cc2)C(=O)C2CCCCC2)c1. The number of hydrogen-bond acceptors (Lipinski definition) is 7. The Hall–Kier alpha value is -3.76. The summed E-state index contributed by atoms with van der Waals surface area (Å²) >= 11 is 0. The number of amides is 1. The van der Waals surface area contributed by atoms with Gasteiger partial charge in [-0.3, -0.25) is 4.79 Å². The molecule has 8 nitrogen and oxygen atoms in total. The molecule has 1 amide bonds. The van der Waals surface area contributed by atoms with Gasteiger partial charge >= 0.3 is 5.97 Å². The van der Waals surface area contributed by atoms with E-state index >= 15 is 0 Å². The van der Waals surface area contributed by atoms with Gasteiger partial charge in [0.05, 0.1) is 35.0 Å². The first kappa shape index (κ1) is 29.7. The molecule has 10 heteroatoms. The number of carbonyl (C=O) groups excluding carboxylic acids is 2. The second-order valence-corrected chi connectivity index (χ2v) is 14.9. The Kier molecular flexibility index (Phi) is 8.65. The van der Waals surface area contributed by atoms with Crippen molar-refractivity contribution in [2.75, 3.05) is 23.5 Å². The molecule has 1 fully saturated rings. The number of anilines is 1. The third-order valence-corrected chi connectivity index (χ3v) is 11.8. The predicted octanol–water partition coefficient (Wildman–Crippen LogP) is 5.21. The Morgan fingerprint density at radius 2 is 1.50 bits per heavy atom. The lowest BCUT2D eigenvalue weighted by atomic mass is 9.88. The van der Waals surface area contributed by atoms with Crippen LogP contribution in [0, 0.1) is 5.92 Å². The topological polar surface area (TPSA) is 115 Å². The van der Waals surface area contributed by atoms with E-state index < -0.39 is 37.1 Å². The van der Waals surface area contributed by atoms with Crippen LogP contribution >= 0.6 is 0 Å². The number of hydrogen-bond donors (Lipinski definition) is 0. The molecule has 0 unspecified atom stereocenters. The zero-order valence-corrected chi connectivity index (χ0v) is 25.0. The van der Waals surface area contributed by atoms with Crippen molar-refractivity contribution in [2.45, 2.75) is 48.4 Å². The molecule has 42 heavy (non-hydrogen) atoms. The van der Waals surface area contributed by atoms with Gasteiger partial charge in [0.2, 0.25) is 5.91 Å². The van der Waals surface area contributed by atoms with Crippen LogP contribution in [-0.2, 0) is 40.5 Å². The molecule has 0 aromatic heterocycles. The van der Waals surface area contributed by atoms with Gasteiger partial charge in [-0.15, -0.1) is 0 Å². The van der Waals surface area contributed by atoms with E-state index in [0.29, 0.717) is 12.1 Å². The average Bonchev–Trinajstić information content (AvgIpc) is 3.01. The Bertz CT molecular complexity index is 1740. The van der Waals surface area contributed by atoms with Gasteiger partial charge in [-0.1, -0.05) is 61.7 Å². The summed E-state index contributed by atoms with van der Waals surface area (Å²) in [5, 5.41) is 0. The summed E-state index contributed by atoms with van der Waals surface area (Å²) in [6.45, 7) is 0.330. The highest BCUT2D eigenvalue weighted by Crippen LogP contribution is 2.33. The van der Waals surface area contributed by atoms with Gasteiger partial charge < -0.3 is 9.64 Å². The number of fused-ring (bicyclic) bond motifs is 1. The Morgan fingerprint density at radius 3 is 2.19 bits per heavy atom. The molecule has 0 saturated heterocycles. The number of methoxy groups -OCH3 is 1. The molecule has 0 N–H and O–H groups in total. The molecule has 1 saturated carbocycles. The van der Waals surface area contributed by atoms with E-state index in [1.54, 1.807) is 17.0 Å². The highest BCUT2D eigenvalue weighted by atomic mass is 32.2. The standard InChI is InChI=1S/C32H33NO7S2/c1-40-31(34)17-12-23-6-5-9-28(20-23)33(32(35)26-7-3-2-4-8-26)22-24-10-13-25(14-11-24)27-15-16-29-30(21-27)42(38,39)19-18-41(29,36)37/h5-6,9-17,20-21,26H,2-4,7-8,18-19,22H2,1H3/b17-12+. The molecule has 3 aromatic carbocycles. The summed E-state index contributed by atoms with van der Waals surface area (Å²) in [6, 6.07) is 19.4. The highest BCUT2D eigenvalue weighted by Gasteiger charge is 2.34. The van der Waals surface area contributed by atoms with Crippen molar-refractivity contribution in [1.82, 2.24) is 0 Å². The van der Waals surface area contributed by atoms with Gasteiger partial charge in [-0.25, -0.2) is 21.6 Å². The van der Waals surface area contributed by atoms with E-state index in [4.69, 9.17) is 0 Å². The molecular formula is C32H33NO7S2. The molecule has 3 aromatic rings. The molecule has 0 spiro atoms. The van der Waals surface area contributed by atoms with Crippen molar-refractivity contribution in [2.24, 2.45) is 5.92 Å². The fourth-order valence-electron chi connectivity index (χ4n) is 5.51. The third kappa shape index (κ3) is 6.50. The summed E-state index contributed by atoms with van der Waals surface area (Å²) < 4.78 is 54.8. The van der Waals surface area contributed by atoms with Crippen LogP contribution < -0.4 is 4.90 Å². The smallest absolute Gasteiger partial charge is 0.330 e. The number of benzene rings is 3. The van der Waals surface area contributed by atoms with Crippen LogP contribution in [0.4, 0.5) is 5.69 Å². The lowest BCUT2D eigenvalue weighted by Crippen LogP contribution is -2.36. The predicted molar refractivity (Wildman–Crippen MR) is 161 cm³/mol. The second kappa shape index (κ2) is 12.2. The van der Waals surface area contributed by atoms with E-state index in [0.717, 1.165) is 54.5 Å². The maximum absolute atomic E-state index is 13.8. The van der Waals surface area contributed by atoms with Crippen molar-refractivity contribution < 1.29 is 31.2 Å². The van der Waals surface area contributed by atoms with E-state index in [-0.39, 0.29) is 21.6 Å². The first-order valence-electron chi connectivity index (χ1n) is 13.9. The van der Waals surface area contributed by atoms with Crippen molar-refractivity contribution >= 4 is 43.3 Å². The molecule has 0 bridgehead atoms. The van der Waals surface area contributed by atoms with E-state index in [1.807, 2.05) is 48.5 Å². The van der Waals surface area contributed by atoms with Crippen LogP contribution in [0.1, 0.15) is 43.2 Å². The zero-order valence-electron chi connectivity index (χ0n) is 23.4.